The highest BCUT2D eigenvalue weighted by Crippen LogP contribution is 2.18. The largest absolute Gasteiger partial charge is 0.381 e. The first kappa shape index (κ1) is 14.3. The molecule has 1 saturated heterocycles. The molecule has 1 aliphatic heterocycles. The topological polar surface area (TPSA) is 51.2 Å². The van der Waals surface area contributed by atoms with Crippen LogP contribution in [0.15, 0.2) is 12.1 Å². The molecular weight excluding hydrogens is 264 g/mol. The van der Waals surface area contributed by atoms with Crippen molar-refractivity contribution in [3.8, 4) is 0 Å². The van der Waals surface area contributed by atoms with E-state index in [4.69, 9.17) is 16.3 Å². The molecule has 2 heterocycles. The van der Waals surface area contributed by atoms with Gasteiger partial charge < -0.3 is 10.1 Å². The maximum absolute atomic E-state index is 12.2. The normalized spacial score (nSPS) is 16.6. The average Bonchev–Trinajstić information content (AvgIpc) is 2.39. The molecule has 1 amide bonds. The summed E-state index contributed by atoms with van der Waals surface area (Å²) in [5.41, 5.74) is 1.42. The Morgan fingerprint density at radius 3 is 2.74 bits per heavy atom. The monoisotopic (exact) mass is 282 g/mol. The standard InChI is InChI=1S/C14H19ClN2O2/c1-9(2)12-7-10(8-13(15)17-12)14(18)16-11-3-5-19-6-4-11/h7-9,11H,3-6H2,1-2H3,(H,16,18). The van der Waals surface area contributed by atoms with Gasteiger partial charge in [-0.15, -0.1) is 0 Å². The summed E-state index contributed by atoms with van der Waals surface area (Å²) in [7, 11) is 0. The van der Waals surface area contributed by atoms with Crippen molar-refractivity contribution < 1.29 is 9.53 Å². The molecular formula is C14H19ClN2O2. The number of rotatable bonds is 3. The van der Waals surface area contributed by atoms with E-state index in [1.165, 1.54) is 0 Å². The van der Waals surface area contributed by atoms with Gasteiger partial charge in [0.05, 0.1) is 0 Å². The molecule has 1 aliphatic rings. The van der Waals surface area contributed by atoms with E-state index < -0.39 is 0 Å². The van der Waals surface area contributed by atoms with Crippen molar-refractivity contribution in [1.29, 1.82) is 0 Å². The Labute approximate surface area is 118 Å². The van der Waals surface area contributed by atoms with Crippen LogP contribution in [0.5, 0.6) is 0 Å². The van der Waals surface area contributed by atoms with Crippen molar-refractivity contribution >= 4 is 17.5 Å². The third kappa shape index (κ3) is 3.91. The van der Waals surface area contributed by atoms with Gasteiger partial charge in [0.1, 0.15) is 5.15 Å². The van der Waals surface area contributed by atoms with Crippen molar-refractivity contribution in [2.24, 2.45) is 0 Å². The summed E-state index contributed by atoms with van der Waals surface area (Å²) in [6, 6.07) is 3.61. The lowest BCUT2D eigenvalue weighted by Crippen LogP contribution is -2.38. The van der Waals surface area contributed by atoms with Crippen LogP contribution in [0.25, 0.3) is 0 Å². The minimum atomic E-state index is -0.0851. The molecule has 0 aliphatic carbocycles. The molecule has 0 spiro atoms. The Bertz CT molecular complexity index is 457. The second kappa shape index (κ2) is 6.35. The predicted molar refractivity (Wildman–Crippen MR) is 74.6 cm³/mol. The molecule has 0 unspecified atom stereocenters. The lowest BCUT2D eigenvalue weighted by Gasteiger charge is -2.23. The summed E-state index contributed by atoms with van der Waals surface area (Å²) in [4.78, 5) is 16.4. The molecule has 0 atom stereocenters. The fourth-order valence-corrected chi connectivity index (χ4v) is 2.27. The summed E-state index contributed by atoms with van der Waals surface area (Å²) < 4.78 is 5.27. The summed E-state index contributed by atoms with van der Waals surface area (Å²) >= 11 is 5.97. The minimum Gasteiger partial charge on any atom is -0.381 e. The van der Waals surface area contributed by atoms with Crippen LogP contribution in [0.1, 0.15) is 48.7 Å². The fraction of sp³-hybridized carbons (Fsp3) is 0.571. The molecule has 5 heteroatoms. The van der Waals surface area contributed by atoms with Gasteiger partial charge in [0.2, 0.25) is 0 Å². The number of halogens is 1. The SMILES string of the molecule is CC(C)c1cc(C(=O)NC2CCOCC2)cc(Cl)n1. The number of hydrogen-bond acceptors (Lipinski definition) is 3. The van der Waals surface area contributed by atoms with Crippen LogP contribution < -0.4 is 5.32 Å². The van der Waals surface area contributed by atoms with E-state index >= 15 is 0 Å². The second-order valence-electron chi connectivity index (χ2n) is 5.12. The molecule has 0 radical (unpaired) electrons. The first-order chi connectivity index (χ1) is 9.06. The molecule has 1 aromatic heterocycles. The predicted octanol–water partition coefficient (Wildman–Crippen LogP) is 2.77. The number of ether oxygens (including phenoxy) is 1. The summed E-state index contributed by atoms with van der Waals surface area (Å²) in [6.45, 7) is 5.47. The molecule has 104 valence electrons. The average molecular weight is 283 g/mol. The molecule has 4 nitrogen and oxygen atoms in total. The molecule has 0 aromatic carbocycles. The van der Waals surface area contributed by atoms with Crippen LogP contribution >= 0.6 is 11.6 Å². The highest BCUT2D eigenvalue weighted by Gasteiger charge is 2.18. The maximum atomic E-state index is 12.2. The number of nitrogens with zero attached hydrogens (tertiary/aromatic N) is 1. The van der Waals surface area contributed by atoms with Crippen molar-refractivity contribution in [3.63, 3.8) is 0 Å². The van der Waals surface area contributed by atoms with E-state index in [0.29, 0.717) is 23.9 Å². The molecule has 0 bridgehead atoms. The molecule has 19 heavy (non-hydrogen) atoms. The van der Waals surface area contributed by atoms with Crippen LogP contribution in [0.2, 0.25) is 5.15 Å². The molecule has 1 fully saturated rings. The highest BCUT2D eigenvalue weighted by molar-refractivity contribution is 6.29. The quantitative estimate of drug-likeness (QED) is 0.868. The summed E-state index contributed by atoms with van der Waals surface area (Å²) in [5.74, 6) is 0.159. The Morgan fingerprint density at radius 1 is 1.42 bits per heavy atom. The number of pyridine rings is 1. The molecule has 1 aromatic rings. The maximum Gasteiger partial charge on any atom is 0.251 e. The van der Waals surface area contributed by atoms with Gasteiger partial charge in [-0.3, -0.25) is 4.79 Å². The van der Waals surface area contributed by atoms with Gasteiger partial charge in [-0.1, -0.05) is 25.4 Å². The van der Waals surface area contributed by atoms with Gasteiger partial charge in [-0.2, -0.15) is 0 Å². The van der Waals surface area contributed by atoms with Crippen molar-refractivity contribution in [2.75, 3.05) is 13.2 Å². The fourth-order valence-electron chi connectivity index (χ4n) is 2.05. The van der Waals surface area contributed by atoms with Gasteiger partial charge in [-0.05, 0) is 30.9 Å². The van der Waals surface area contributed by atoms with Gasteiger partial charge in [0, 0.05) is 30.5 Å². The van der Waals surface area contributed by atoms with E-state index in [9.17, 15) is 4.79 Å². The van der Waals surface area contributed by atoms with Crippen LogP contribution in [0.3, 0.4) is 0 Å². The Balaban J connectivity index is 2.09. The van der Waals surface area contributed by atoms with Crippen LogP contribution in [-0.4, -0.2) is 30.1 Å². The van der Waals surface area contributed by atoms with E-state index in [1.54, 1.807) is 6.07 Å². The lowest BCUT2D eigenvalue weighted by atomic mass is 10.1. The molecule has 1 N–H and O–H groups in total. The van der Waals surface area contributed by atoms with Crippen molar-refractivity contribution in [3.05, 3.63) is 28.5 Å². The van der Waals surface area contributed by atoms with E-state index in [-0.39, 0.29) is 17.9 Å². The number of aromatic nitrogens is 1. The van der Waals surface area contributed by atoms with Gasteiger partial charge in [0.25, 0.3) is 5.91 Å². The Morgan fingerprint density at radius 2 is 2.11 bits per heavy atom. The number of nitrogens with one attached hydrogen (secondary N) is 1. The van der Waals surface area contributed by atoms with E-state index in [0.717, 1.165) is 18.5 Å². The first-order valence-electron chi connectivity index (χ1n) is 6.62. The van der Waals surface area contributed by atoms with Gasteiger partial charge in [0.15, 0.2) is 0 Å². The van der Waals surface area contributed by atoms with Crippen molar-refractivity contribution in [1.82, 2.24) is 10.3 Å². The zero-order valence-corrected chi connectivity index (χ0v) is 12.0. The summed E-state index contributed by atoms with van der Waals surface area (Å²) in [5, 5.41) is 3.39. The number of carbonyl (C=O) groups excluding carboxylic acids is 1. The number of hydrogen-bond donors (Lipinski definition) is 1. The Kier molecular flexibility index (Phi) is 4.77. The van der Waals surface area contributed by atoms with Gasteiger partial charge >= 0.3 is 0 Å². The number of amides is 1. The summed E-state index contributed by atoms with van der Waals surface area (Å²) in [6.07, 6.45) is 1.73. The Hall–Kier alpha value is -1.13. The minimum absolute atomic E-state index is 0.0851. The zero-order chi connectivity index (χ0) is 13.8. The third-order valence-corrected chi connectivity index (χ3v) is 3.42. The van der Waals surface area contributed by atoms with E-state index in [1.807, 2.05) is 19.9 Å². The second-order valence-corrected chi connectivity index (χ2v) is 5.51. The molecule has 0 saturated carbocycles. The highest BCUT2D eigenvalue weighted by atomic mass is 35.5. The third-order valence-electron chi connectivity index (χ3n) is 3.22. The smallest absolute Gasteiger partial charge is 0.251 e. The zero-order valence-electron chi connectivity index (χ0n) is 11.3. The van der Waals surface area contributed by atoms with Gasteiger partial charge in [-0.25, -0.2) is 4.98 Å². The first-order valence-corrected chi connectivity index (χ1v) is 7.00. The van der Waals surface area contributed by atoms with Crippen LogP contribution in [0.4, 0.5) is 0 Å². The van der Waals surface area contributed by atoms with Crippen molar-refractivity contribution in [2.45, 2.75) is 38.6 Å². The van der Waals surface area contributed by atoms with Crippen LogP contribution in [-0.2, 0) is 4.74 Å². The molecule has 2 rings (SSSR count). The van der Waals surface area contributed by atoms with Crippen LogP contribution in [0, 0.1) is 0 Å². The lowest BCUT2D eigenvalue weighted by molar-refractivity contribution is 0.0696. The van der Waals surface area contributed by atoms with E-state index in [2.05, 4.69) is 10.3 Å². The number of carbonyl (C=O) groups is 1.